The Morgan fingerprint density at radius 2 is 1.72 bits per heavy atom. The number of nitrogens with one attached hydrogen (secondary N) is 1. The van der Waals surface area contributed by atoms with E-state index in [1.807, 2.05) is 32.0 Å². The van der Waals surface area contributed by atoms with Gasteiger partial charge in [0.1, 0.15) is 0 Å². The van der Waals surface area contributed by atoms with E-state index in [1.165, 1.54) is 0 Å². The first-order valence-corrected chi connectivity index (χ1v) is 8.92. The van der Waals surface area contributed by atoms with Gasteiger partial charge in [0.25, 0.3) is 0 Å². The van der Waals surface area contributed by atoms with E-state index in [0.717, 1.165) is 5.56 Å². The number of rotatable bonds is 8. The van der Waals surface area contributed by atoms with Gasteiger partial charge < -0.3 is 14.8 Å². The zero-order chi connectivity index (χ0) is 18.2. The average Bonchev–Trinajstić information content (AvgIpc) is 2.59. The Kier molecular flexibility index (Phi) is 7.41. The maximum absolute atomic E-state index is 12.2. The number of halogens is 2. The van der Waals surface area contributed by atoms with Crippen molar-refractivity contribution in [1.82, 2.24) is 0 Å². The van der Waals surface area contributed by atoms with Crippen molar-refractivity contribution >= 4 is 34.8 Å². The van der Waals surface area contributed by atoms with Crippen LogP contribution in [0.4, 0.5) is 5.69 Å². The van der Waals surface area contributed by atoms with E-state index in [2.05, 4.69) is 5.32 Å². The second-order valence-electron chi connectivity index (χ2n) is 5.32. The first-order valence-electron chi connectivity index (χ1n) is 8.17. The van der Waals surface area contributed by atoms with Gasteiger partial charge in [-0.2, -0.15) is 0 Å². The molecule has 0 aliphatic rings. The van der Waals surface area contributed by atoms with Crippen molar-refractivity contribution in [3.05, 3.63) is 52.0 Å². The van der Waals surface area contributed by atoms with Gasteiger partial charge in [0.05, 0.1) is 23.9 Å². The summed E-state index contributed by atoms with van der Waals surface area (Å²) >= 11 is 12.0. The van der Waals surface area contributed by atoms with E-state index in [4.69, 9.17) is 32.7 Å². The van der Waals surface area contributed by atoms with Crippen molar-refractivity contribution in [3.8, 4) is 11.5 Å². The maximum Gasteiger partial charge on any atom is 0.224 e. The van der Waals surface area contributed by atoms with Crippen LogP contribution in [0.15, 0.2) is 36.4 Å². The number of aryl methyl sites for hydroxylation is 1. The lowest BCUT2D eigenvalue weighted by atomic mass is 10.1. The second-order valence-corrected chi connectivity index (χ2v) is 6.16. The van der Waals surface area contributed by atoms with Gasteiger partial charge >= 0.3 is 0 Å². The van der Waals surface area contributed by atoms with Crippen LogP contribution in [-0.2, 0) is 11.2 Å². The summed E-state index contributed by atoms with van der Waals surface area (Å²) < 4.78 is 11.1. The summed E-state index contributed by atoms with van der Waals surface area (Å²) in [6.07, 6.45) is 0.902. The lowest BCUT2D eigenvalue weighted by Crippen LogP contribution is -2.12. The minimum Gasteiger partial charge on any atom is -0.490 e. The zero-order valence-electron chi connectivity index (χ0n) is 14.3. The number of amides is 1. The molecule has 134 valence electrons. The summed E-state index contributed by atoms with van der Waals surface area (Å²) in [5.74, 6) is 1.28. The number of ether oxygens (including phenoxy) is 2. The Balaban J connectivity index is 1.99. The highest BCUT2D eigenvalue weighted by Crippen LogP contribution is 2.29. The van der Waals surface area contributed by atoms with E-state index in [9.17, 15) is 4.79 Å². The molecule has 2 aromatic carbocycles. The molecular formula is C19H21Cl2NO3. The summed E-state index contributed by atoms with van der Waals surface area (Å²) in [6, 6.07) is 10.7. The normalized spacial score (nSPS) is 10.4. The van der Waals surface area contributed by atoms with Crippen molar-refractivity contribution in [3.63, 3.8) is 0 Å². The highest BCUT2D eigenvalue weighted by molar-refractivity contribution is 6.35. The smallest absolute Gasteiger partial charge is 0.224 e. The van der Waals surface area contributed by atoms with Crippen molar-refractivity contribution < 1.29 is 14.3 Å². The molecule has 25 heavy (non-hydrogen) atoms. The highest BCUT2D eigenvalue weighted by Gasteiger charge is 2.10. The van der Waals surface area contributed by atoms with Crippen LogP contribution in [0.2, 0.25) is 10.0 Å². The third-order valence-electron chi connectivity index (χ3n) is 3.45. The minimum atomic E-state index is -0.129. The lowest BCUT2D eigenvalue weighted by molar-refractivity contribution is -0.116. The van der Waals surface area contributed by atoms with Gasteiger partial charge in [-0.05, 0) is 56.2 Å². The molecule has 0 fully saturated rings. The quantitative estimate of drug-likeness (QED) is 0.669. The molecule has 2 aromatic rings. The Morgan fingerprint density at radius 1 is 1.00 bits per heavy atom. The molecule has 0 heterocycles. The van der Waals surface area contributed by atoms with Gasteiger partial charge in [-0.15, -0.1) is 0 Å². The summed E-state index contributed by atoms with van der Waals surface area (Å²) in [5, 5.41) is 3.76. The Labute approximate surface area is 158 Å². The number of anilines is 1. The fourth-order valence-corrected chi connectivity index (χ4v) is 2.65. The zero-order valence-corrected chi connectivity index (χ0v) is 15.8. The molecule has 0 aliphatic carbocycles. The number of carbonyl (C=O) groups excluding carboxylic acids is 1. The summed E-state index contributed by atoms with van der Waals surface area (Å²) in [7, 11) is 0. The fraction of sp³-hybridized carbons (Fsp3) is 0.316. The molecular weight excluding hydrogens is 361 g/mol. The predicted molar refractivity (Wildman–Crippen MR) is 102 cm³/mol. The molecule has 2 rings (SSSR count). The van der Waals surface area contributed by atoms with Crippen molar-refractivity contribution in [2.45, 2.75) is 26.7 Å². The summed E-state index contributed by atoms with van der Waals surface area (Å²) in [6.45, 7) is 4.97. The number of carbonyl (C=O) groups is 1. The number of hydrogen-bond donors (Lipinski definition) is 1. The van der Waals surface area contributed by atoms with Gasteiger partial charge in [-0.25, -0.2) is 0 Å². The van der Waals surface area contributed by atoms with Crippen LogP contribution in [0.1, 0.15) is 25.8 Å². The Hall–Kier alpha value is -1.91. The molecule has 0 saturated carbocycles. The van der Waals surface area contributed by atoms with Crippen LogP contribution in [-0.4, -0.2) is 19.1 Å². The van der Waals surface area contributed by atoms with Crippen molar-refractivity contribution in [1.29, 1.82) is 0 Å². The van der Waals surface area contributed by atoms with Gasteiger partial charge in [0.2, 0.25) is 5.91 Å². The van der Waals surface area contributed by atoms with Gasteiger partial charge in [-0.3, -0.25) is 4.79 Å². The predicted octanol–water partition coefficient (Wildman–Crippen LogP) is 5.36. The molecule has 4 nitrogen and oxygen atoms in total. The van der Waals surface area contributed by atoms with Gasteiger partial charge in [-0.1, -0.05) is 29.3 Å². The first-order chi connectivity index (χ1) is 12.0. The SMILES string of the molecule is CCOc1ccc(CCC(=O)Nc2cc(Cl)ccc2Cl)cc1OCC. The van der Waals surface area contributed by atoms with E-state index in [1.54, 1.807) is 18.2 Å². The summed E-state index contributed by atoms with van der Waals surface area (Å²) in [4.78, 5) is 12.2. The maximum atomic E-state index is 12.2. The standard InChI is InChI=1S/C19H21Cl2NO3/c1-3-24-17-9-5-13(11-18(17)25-4-2)6-10-19(23)22-16-12-14(20)7-8-15(16)21/h5,7-9,11-12H,3-4,6,10H2,1-2H3,(H,22,23). The minimum absolute atomic E-state index is 0.129. The third kappa shape index (κ3) is 5.83. The number of benzene rings is 2. The molecule has 0 unspecified atom stereocenters. The molecule has 1 N–H and O–H groups in total. The van der Waals surface area contributed by atoms with Gasteiger partial charge in [0.15, 0.2) is 11.5 Å². The third-order valence-corrected chi connectivity index (χ3v) is 4.02. The molecule has 0 saturated heterocycles. The fourth-order valence-electron chi connectivity index (χ4n) is 2.31. The van der Waals surface area contributed by atoms with Crippen LogP contribution in [0.5, 0.6) is 11.5 Å². The summed E-state index contributed by atoms with van der Waals surface area (Å²) in [5.41, 5.74) is 1.51. The topological polar surface area (TPSA) is 47.6 Å². The van der Waals surface area contributed by atoms with Crippen LogP contribution < -0.4 is 14.8 Å². The lowest BCUT2D eigenvalue weighted by Gasteiger charge is -2.12. The molecule has 6 heteroatoms. The van der Waals surface area contributed by atoms with E-state index < -0.39 is 0 Å². The Morgan fingerprint density at radius 3 is 2.44 bits per heavy atom. The van der Waals surface area contributed by atoms with Crippen LogP contribution in [0.25, 0.3) is 0 Å². The molecule has 0 spiro atoms. The van der Waals surface area contributed by atoms with Crippen molar-refractivity contribution in [2.24, 2.45) is 0 Å². The number of hydrogen-bond acceptors (Lipinski definition) is 3. The van der Waals surface area contributed by atoms with Gasteiger partial charge in [0, 0.05) is 11.4 Å². The first kappa shape index (κ1) is 19.4. The van der Waals surface area contributed by atoms with E-state index in [-0.39, 0.29) is 5.91 Å². The molecule has 1 amide bonds. The van der Waals surface area contributed by atoms with Crippen LogP contribution in [0.3, 0.4) is 0 Å². The molecule has 0 aromatic heterocycles. The van der Waals surface area contributed by atoms with E-state index >= 15 is 0 Å². The van der Waals surface area contributed by atoms with Crippen LogP contribution >= 0.6 is 23.2 Å². The Bertz CT molecular complexity index is 735. The monoisotopic (exact) mass is 381 g/mol. The largest absolute Gasteiger partial charge is 0.490 e. The second kappa shape index (κ2) is 9.54. The molecule has 0 aliphatic heterocycles. The molecule has 0 bridgehead atoms. The van der Waals surface area contributed by atoms with Crippen LogP contribution in [0, 0.1) is 0 Å². The molecule has 0 atom stereocenters. The van der Waals surface area contributed by atoms with Crippen molar-refractivity contribution in [2.75, 3.05) is 18.5 Å². The highest BCUT2D eigenvalue weighted by atomic mass is 35.5. The van der Waals surface area contributed by atoms with E-state index in [0.29, 0.717) is 53.3 Å². The molecule has 0 radical (unpaired) electrons. The average molecular weight is 382 g/mol.